The van der Waals surface area contributed by atoms with Gasteiger partial charge in [-0.05, 0) is 43.0 Å². The van der Waals surface area contributed by atoms with Crippen molar-refractivity contribution in [3.8, 4) is 0 Å². The van der Waals surface area contributed by atoms with Crippen LogP contribution in [0.2, 0.25) is 0 Å². The molecule has 2 rings (SSSR count). The van der Waals surface area contributed by atoms with Crippen LogP contribution in [-0.2, 0) is 11.0 Å². The van der Waals surface area contributed by atoms with Crippen molar-refractivity contribution >= 4 is 11.8 Å². The summed E-state index contributed by atoms with van der Waals surface area (Å²) in [6.45, 7) is 4.91. The fraction of sp³-hybridized carbons (Fsp3) is 0.556. The van der Waals surface area contributed by atoms with Crippen molar-refractivity contribution < 1.29 is 22.8 Å². The van der Waals surface area contributed by atoms with Crippen LogP contribution >= 0.6 is 0 Å². The van der Waals surface area contributed by atoms with Crippen LogP contribution in [0, 0.1) is 5.92 Å². The first-order valence-electron chi connectivity index (χ1n) is 8.42. The molecule has 0 radical (unpaired) electrons. The van der Waals surface area contributed by atoms with E-state index < -0.39 is 11.7 Å². The van der Waals surface area contributed by atoms with Gasteiger partial charge in [-0.1, -0.05) is 13.8 Å². The molecule has 2 amide bonds. The summed E-state index contributed by atoms with van der Waals surface area (Å²) < 4.78 is 37.7. The molecule has 1 aromatic carbocycles. The maximum Gasteiger partial charge on any atom is 0.416 e. The molecule has 0 atom stereocenters. The Morgan fingerprint density at radius 2 is 1.72 bits per heavy atom. The quantitative estimate of drug-likeness (QED) is 0.898. The van der Waals surface area contributed by atoms with Crippen molar-refractivity contribution in [3.63, 3.8) is 0 Å². The molecule has 138 valence electrons. The molecule has 0 aromatic heterocycles. The summed E-state index contributed by atoms with van der Waals surface area (Å²) in [4.78, 5) is 25.8. The van der Waals surface area contributed by atoms with E-state index in [1.54, 1.807) is 4.90 Å². The van der Waals surface area contributed by atoms with E-state index in [1.165, 1.54) is 12.1 Å². The Kier molecular flexibility index (Phi) is 6.08. The zero-order valence-electron chi connectivity index (χ0n) is 14.4. The largest absolute Gasteiger partial charge is 0.416 e. The smallest absolute Gasteiger partial charge is 0.353 e. The third-order valence-electron chi connectivity index (χ3n) is 4.20. The number of nitrogens with one attached hydrogen (secondary N) is 1. The number of amides is 2. The maximum atomic E-state index is 12.6. The van der Waals surface area contributed by atoms with E-state index in [-0.39, 0.29) is 23.4 Å². The Bertz CT molecular complexity index is 604. The highest BCUT2D eigenvalue weighted by Gasteiger charge is 2.31. The second-order valence-electron chi connectivity index (χ2n) is 6.81. The molecule has 0 bridgehead atoms. The van der Waals surface area contributed by atoms with Crippen LogP contribution in [0.1, 0.15) is 49.0 Å². The van der Waals surface area contributed by atoms with E-state index in [0.29, 0.717) is 38.3 Å². The van der Waals surface area contributed by atoms with Gasteiger partial charge in [-0.25, -0.2) is 0 Å². The molecule has 0 spiro atoms. The molecule has 1 heterocycles. The Morgan fingerprint density at radius 3 is 2.20 bits per heavy atom. The number of alkyl halides is 3. The lowest BCUT2D eigenvalue weighted by Gasteiger charge is -2.32. The summed E-state index contributed by atoms with van der Waals surface area (Å²) in [6.07, 6.45) is -2.63. The number of likely N-dealkylation sites (tertiary alicyclic amines) is 1. The van der Waals surface area contributed by atoms with Crippen LogP contribution in [0.3, 0.4) is 0 Å². The number of carbonyl (C=O) groups excluding carboxylic acids is 2. The summed E-state index contributed by atoms with van der Waals surface area (Å²) >= 11 is 0. The normalized spacial score (nSPS) is 16.2. The average molecular weight is 356 g/mol. The van der Waals surface area contributed by atoms with Gasteiger partial charge in [0, 0.05) is 31.1 Å². The van der Waals surface area contributed by atoms with Crippen LogP contribution in [-0.4, -0.2) is 35.8 Å². The van der Waals surface area contributed by atoms with Crippen molar-refractivity contribution in [2.45, 2.75) is 45.3 Å². The number of nitrogens with zero attached hydrogens (tertiary/aromatic N) is 1. The maximum absolute atomic E-state index is 12.6. The molecule has 0 saturated carbocycles. The van der Waals surface area contributed by atoms with E-state index in [1.807, 2.05) is 13.8 Å². The SMILES string of the molecule is CC(C)CC(=O)NC1CCN(C(=O)c2ccc(C(F)(F)F)cc2)CC1. The number of carbonyl (C=O) groups is 2. The molecule has 1 aliphatic rings. The first-order valence-corrected chi connectivity index (χ1v) is 8.42. The van der Waals surface area contributed by atoms with Crippen LogP contribution in [0.15, 0.2) is 24.3 Å². The van der Waals surface area contributed by atoms with Gasteiger partial charge < -0.3 is 10.2 Å². The highest BCUT2D eigenvalue weighted by Crippen LogP contribution is 2.29. The van der Waals surface area contributed by atoms with Crippen molar-refractivity contribution in [3.05, 3.63) is 35.4 Å². The molecule has 0 unspecified atom stereocenters. The summed E-state index contributed by atoms with van der Waals surface area (Å²) in [5, 5.41) is 2.97. The molecule has 0 aliphatic carbocycles. The lowest BCUT2D eigenvalue weighted by atomic mass is 10.0. The summed E-state index contributed by atoms with van der Waals surface area (Å²) in [5.74, 6) is 0.0320. The molecule has 25 heavy (non-hydrogen) atoms. The molecule has 7 heteroatoms. The van der Waals surface area contributed by atoms with Gasteiger partial charge >= 0.3 is 6.18 Å². The Labute approximate surface area is 145 Å². The number of hydrogen-bond donors (Lipinski definition) is 1. The van der Waals surface area contributed by atoms with Gasteiger partial charge in [0.05, 0.1) is 5.56 Å². The third kappa shape index (κ3) is 5.47. The molecule has 1 aromatic rings. The second-order valence-corrected chi connectivity index (χ2v) is 6.81. The minimum atomic E-state index is -4.41. The zero-order valence-corrected chi connectivity index (χ0v) is 14.4. The van der Waals surface area contributed by atoms with Gasteiger partial charge in [0.25, 0.3) is 5.91 Å². The molecule has 1 aliphatic heterocycles. The van der Waals surface area contributed by atoms with Gasteiger partial charge in [0.2, 0.25) is 5.91 Å². The predicted octanol–water partition coefficient (Wildman–Crippen LogP) is 3.47. The van der Waals surface area contributed by atoms with Crippen molar-refractivity contribution in [1.82, 2.24) is 10.2 Å². The zero-order chi connectivity index (χ0) is 18.6. The molecule has 1 N–H and O–H groups in total. The highest BCUT2D eigenvalue weighted by molar-refractivity contribution is 5.94. The third-order valence-corrected chi connectivity index (χ3v) is 4.20. The van der Waals surface area contributed by atoms with Crippen LogP contribution in [0.5, 0.6) is 0 Å². The number of benzene rings is 1. The summed E-state index contributed by atoms with van der Waals surface area (Å²) in [7, 11) is 0. The van der Waals surface area contributed by atoms with Crippen molar-refractivity contribution in [1.29, 1.82) is 0 Å². The standard InChI is InChI=1S/C18H23F3N2O2/c1-12(2)11-16(24)22-15-7-9-23(10-8-15)17(25)13-3-5-14(6-4-13)18(19,20)21/h3-6,12,15H,7-11H2,1-2H3,(H,22,24). The first-order chi connectivity index (χ1) is 11.7. The minimum Gasteiger partial charge on any atom is -0.353 e. The lowest BCUT2D eigenvalue weighted by molar-refractivity contribution is -0.137. The highest BCUT2D eigenvalue weighted by atomic mass is 19.4. The van der Waals surface area contributed by atoms with Gasteiger partial charge in [-0.2, -0.15) is 13.2 Å². The van der Waals surface area contributed by atoms with E-state index in [4.69, 9.17) is 0 Å². The monoisotopic (exact) mass is 356 g/mol. The first kappa shape index (κ1) is 19.3. The molecular weight excluding hydrogens is 333 g/mol. The van der Waals surface area contributed by atoms with Gasteiger partial charge in [0.1, 0.15) is 0 Å². The topological polar surface area (TPSA) is 49.4 Å². The summed E-state index contributed by atoms with van der Waals surface area (Å²) in [6, 6.07) is 4.31. The Morgan fingerprint density at radius 1 is 1.16 bits per heavy atom. The van der Waals surface area contributed by atoms with Crippen LogP contribution in [0.4, 0.5) is 13.2 Å². The Balaban J connectivity index is 1.88. The van der Waals surface area contributed by atoms with Gasteiger partial charge in [-0.3, -0.25) is 9.59 Å². The summed E-state index contributed by atoms with van der Waals surface area (Å²) in [5.41, 5.74) is -0.522. The van der Waals surface area contributed by atoms with Crippen molar-refractivity contribution in [2.24, 2.45) is 5.92 Å². The molecule has 1 saturated heterocycles. The van der Waals surface area contributed by atoms with E-state index in [9.17, 15) is 22.8 Å². The van der Waals surface area contributed by atoms with Crippen molar-refractivity contribution in [2.75, 3.05) is 13.1 Å². The fourth-order valence-electron chi connectivity index (χ4n) is 2.87. The molecule has 1 fully saturated rings. The van der Waals surface area contributed by atoms with E-state index >= 15 is 0 Å². The number of hydrogen-bond acceptors (Lipinski definition) is 2. The molecule has 4 nitrogen and oxygen atoms in total. The number of rotatable bonds is 4. The number of piperidine rings is 1. The fourth-order valence-corrected chi connectivity index (χ4v) is 2.87. The van der Waals surface area contributed by atoms with Crippen LogP contribution < -0.4 is 5.32 Å². The Hall–Kier alpha value is -2.05. The van der Waals surface area contributed by atoms with E-state index in [2.05, 4.69) is 5.32 Å². The average Bonchev–Trinajstić information content (AvgIpc) is 2.53. The lowest BCUT2D eigenvalue weighted by Crippen LogP contribution is -2.46. The van der Waals surface area contributed by atoms with Gasteiger partial charge in [-0.15, -0.1) is 0 Å². The minimum absolute atomic E-state index is 0.0162. The van der Waals surface area contributed by atoms with E-state index in [0.717, 1.165) is 12.1 Å². The van der Waals surface area contributed by atoms with Gasteiger partial charge in [0.15, 0.2) is 0 Å². The molecular formula is C18H23F3N2O2. The second kappa shape index (κ2) is 7.89. The van der Waals surface area contributed by atoms with Crippen LogP contribution in [0.25, 0.3) is 0 Å². The predicted molar refractivity (Wildman–Crippen MR) is 88.0 cm³/mol. The number of halogens is 3.